The maximum absolute atomic E-state index is 9.42. The smallest absolute Gasteiger partial charge is 0.0943 e. The zero-order valence-electron chi connectivity index (χ0n) is 12.3. The molecule has 0 aromatic carbocycles. The second-order valence-corrected chi connectivity index (χ2v) is 7.16. The second kappa shape index (κ2) is 6.82. The Morgan fingerprint density at radius 1 is 1.42 bits per heavy atom. The summed E-state index contributed by atoms with van der Waals surface area (Å²) in [6, 6.07) is 1.28. The van der Waals surface area contributed by atoms with E-state index in [1.807, 2.05) is 13.1 Å². The first-order chi connectivity index (χ1) is 9.06. The zero-order chi connectivity index (χ0) is 13.8. The number of hydrogen-bond donors (Lipinski definition) is 1. The molecule has 1 saturated heterocycles. The van der Waals surface area contributed by atoms with Crippen LogP contribution in [0.25, 0.3) is 0 Å². The maximum Gasteiger partial charge on any atom is 0.0943 e. The first-order valence-electron chi connectivity index (χ1n) is 7.43. The molecule has 4 heteroatoms. The standard InChI is InChI=1S/C15H26N2OS/c1-11(2)17-7-5-4-6-13(17)9-15-16-10-14(19-15)8-12(3)18/h10-13,18H,4-9H2,1-3H3. The van der Waals surface area contributed by atoms with E-state index < -0.39 is 0 Å². The molecule has 1 N–H and O–H groups in total. The summed E-state index contributed by atoms with van der Waals surface area (Å²) in [7, 11) is 0. The largest absolute Gasteiger partial charge is 0.393 e. The Balaban J connectivity index is 1.96. The average molecular weight is 282 g/mol. The van der Waals surface area contributed by atoms with Gasteiger partial charge in [0.2, 0.25) is 0 Å². The molecule has 19 heavy (non-hydrogen) atoms. The molecule has 2 atom stereocenters. The van der Waals surface area contributed by atoms with Gasteiger partial charge in [0.05, 0.1) is 11.1 Å². The minimum absolute atomic E-state index is 0.268. The number of aliphatic hydroxyl groups excluding tert-OH is 1. The molecule has 0 radical (unpaired) electrons. The van der Waals surface area contributed by atoms with Crippen molar-refractivity contribution in [3.63, 3.8) is 0 Å². The molecule has 0 aliphatic carbocycles. The lowest BCUT2D eigenvalue weighted by Gasteiger charge is -2.38. The number of thiazole rings is 1. The molecule has 0 amide bonds. The van der Waals surface area contributed by atoms with E-state index in [1.165, 1.54) is 35.7 Å². The molecule has 0 saturated carbocycles. The first kappa shape index (κ1) is 14.9. The van der Waals surface area contributed by atoms with Crippen molar-refractivity contribution in [2.75, 3.05) is 6.54 Å². The Bertz CT molecular complexity index is 389. The van der Waals surface area contributed by atoms with Crippen molar-refractivity contribution in [3.8, 4) is 0 Å². The molecule has 2 heterocycles. The molecule has 2 rings (SSSR count). The Morgan fingerprint density at radius 2 is 2.21 bits per heavy atom. The fourth-order valence-electron chi connectivity index (χ4n) is 2.95. The van der Waals surface area contributed by atoms with Gasteiger partial charge in [0.15, 0.2) is 0 Å². The molecule has 3 nitrogen and oxygen atoms in total. The van der Waals surface area contributed by atoms with Gasteiger partial charge in [-0.3, -0.25) is 4.90 Å². The molecule has 1 fully saturated rings. The summed E-state index contributed by atoms with van der Waals surface area (Å²) in [5, 5.41) is 10.7. The van der Waals surface area contributed by atoms with Crippen molar-refractivity contribution >= 4 is 11.3 Å². The van der Waals surface area contributed by atoms with E-state index in [9.17, 15) is 5.11 Å². The summed E-state index contributed by atoms with van der Waals surface area (Å²) in [6.07, 6.45) is 7.45. The lowest BCUT2D eigenvalue weighted by molar-refractivity contribution is 0.111. The van der Waals surface area contributed by atoms with Gasteiger partial charge in [0.1, 0.15) is 0 Å². The average Bonchev–Trinajstić information content (AvgIpc) is 2.76. The fraction of sp³-hybridized carbons (Fsp3) is 0.800. The van der Waals surface area contributed by atoms with Crippen LogP contribution in [0.5, 0.6) is 0 Å². The van der Waals surface area contributed by atoms with Gasteiger partial charge in [-0.2, -0.15) is 0 Å². The Morgan fingerprint density at radius 3 is 2.89 bits per heavy atom. The fourth-order valence-corrected chi connectivity index (χ4v) is 4.07. The highest BCUT2D eigenvalue weighted by atomic mass is 32.1. The van der Waals surface area contributed by atoms with Crippen LogP contribution in [0.4, 0.5) is 0 Å². The van der Waals surface area contributed by atoms with Crippen LogP contribution in [0.3, 0.4) is 0 Å². The van der Waals surface area contributed by atoms with Crippen LogP contribution >= 0.6 is 11.3 Å². The molecule has 108 valence electrons. The third-order valence-corrected chi connectivity index (χ3v) is 4.89. The summed E-state index contributed by atoms with van der Waals surface area (Å²) in [5.41, 5.74) is 0. The van der Waals surface area contributed by atoms with Crippen LogP contribution < -0.4 is 0 Å². The number of rotatable bonds is 5. The number of piperidine rings is 1. The van der Waals surface area contributed by atoms with Crippen LogP contribution in [0.1, 0.15) is 49.9 Å². The van der Waals surface area contributed by atoms with Crippen LogP contribution in [0.15, 0.2) is 6.20 Å². The van der Waals surface area contributed by atoms with Gasteiger partial charge in [-0.05, 0) is 40.2 Å². The topological polar surface area (TPSA) is 36.4 Å². The van der Waals surface area contributed by atoms with Crippen LogP contribution in [0, 0.1) is 0 Å². The lowest BCUT2D eigenvalue weighted by atomic mass is 9.98. The summed E-state index contributed by atoms with van der Waals surface area (Å²) >= 11 is 1.77. The predicted molar refractivity (Wildman–Crippen MR) is 80.7 cm³/mol. The highest BCUT2D eigenvalue weighted by Gasteiger charge is 2.25. The van der Waals surface area contributed by atoms with Gasteiger partial charge < -0.3 is 5.11 Å². The molecule has 1 aromatic heterocycles. The third-order valence-electron chi connectivity index (χ3n) is 3.84. The van der Waals surface area contributed by atoms with E-state index in [4.69, 9.17) is 0 Å². The van der Waals surface area contributed by atoms with Gasteiger partial charge in [-0.1, -0.05) is 6.42 Å². The Kier molecular flexibility index (Phi) is 5.37. The molecule has 1 aliphatic rings. The normalized spacial score (nSPS) is 22.9. The molecular weight excluding hydrogens is 256 g/mol. The zero-order valence-corrected chi connectivity index (χ0v) is 13.1. The lowest BCUT2D eigenvalue weighted by Crippen LogP contribution is -2.44. The van der Waals surface area contributed by atoms with Gasteiger partial charge in [-0.15, -0.1) is 11.3 Å². The summed E-state index contributed by atoms with van der Waals surface area (Å²) < 4.78 is 0. The molecule has 0 bridgehead atoms. The van der Waals surface area contributed by atoms with Gasteiger partial charge in [0, 0.05) is 36.0 Å². The van der Waals surface area contributed by atoms with Crippen molar-refractivity contribution in [2.45, 2.75) is 71.1 Å². The maximum atomic E-state index is 9.42. The van der Waals surface area contributed by atoms with E-state index >= 15 is 0 Å². The Labute approximate surface area is 120 Å². The second-order valence-electron chi connectivity index (χ2n) is 5.96. The van der Waals surface area contributed by atoms with E-state index in [1.54, 1.807) is 11.3 Å². The van der Waals surface area contributed by atoms with Crippen LogP contribution in [0.2, 0.25) is 0 Å². The first-order valence-corrected chi connectivity index (χ1v) is 8.25. The SMILES string of the molecule is CC(O)Cc1cnc(CC2CCCCN2C(C)C)s1. The van der Waals surface area contributed by atoms with E-state index in [0.717, 1.165) is 12.8 Å². The van der Waals surface area contributed by atoms with E-state index in [0.29, 0.717) is 12.1 Å². The van der Waals surface area contributed by atoms with Crippen molar-refractivity contribution in [2.24, 2.45) is 0 Å². The Hall–Kier alpha value is -0.450. The van der Waals surface area contributed by atoms with E-state index in [2.05, 4.69) is 23.7 Å². The highest BCUT2D eigenvalue weighted by Crippen LogP contribution is 2.25. The molecule has 0 spiro atoms. The summed E-state index contributed by atoms with van der Waals surface area (Å²) in [5.74, 6) is 0. The number of nitrogens with zero attached hydrogens (tertiary/aromatic N) is 2. The summed E-state index contributed by atoms with van der Waals surface area (Å²) in [4.78, 5) is 8.37. The quantitative estimate of drug-likeness (QED) is 0.902. The van der Waals surface area contributed by atoms with Crippen LogP contribution in [-0.2, 0) is 12.8 Å². The third kappa shape index (κ3) is 4.26. The highest BCUT2D eigenvalue weighted by molar-refractivity contribution is 7.11. The summed E-state index contributed by atoms with van der Waals surface area (Å²) in [6.45, 7) is 7.65. The minimum Gasteiger partial charge on any atom is -0.393 e. The molecule has 1 aliphatic heterocycles. The molecule has 1 aromatic rings. The van der Waals surface area contributed by atoms with Crippen molar-refractivity contribution in [3.05, 3.63) is 16.1 Å². The minimum atomic E-state index is -0.268. The monoisotopic (exact) mass is 282 g/mol. The number of aromatic nitrogens is 1. The number of aliphatic hydroxyl groups is 1. The van der Waals surface area contributed by atoms with Gasteiger partial charge >= 0.3 is 0 Å². The van der Waals surface area contributed by atoms with Gasteiger partial charge in [-0.25, -0.2) is 4.98 Å². The number of hydrogen-bond acceptors (Lipinski definition) is 4. The molecule has 2 unspecified atom stereocenters. The molecular formula is C15H26N2OS. The number of likely N-dealkylation sites (tertiary alicyclic amines) is 1. The van der Waals surface area contributed by atoms with Crippen LogP contribution in [-0.4, -0.2) is 39.7 Å². The van der Waals surface area contributed by atoms with Gasteiger partial charge in [0.25, 0.3) is 0 Å². The van der Waals surface area contributed by atoms with Crippen molar-refractivity contribution < 1.29 is 5.11 Å². The van der Waals surface area contributed by atoms with Crippen molar-refractivity contribution in [1.29, 1.82) is 0 Å². The predicted octanol–water partition coefficient (Wildman–Crippen LogP) is 2.87. The van der Waals surface area contributed by atoms with Crippen molar-refractivity contribution in [1.82, 2.24) is 9.88 Å². The van der Waals surface area contributed by atoms with E-state index in [-0.39, 0.29) is 6.10 Å².